The van der Waals surface area contributed by atoms with Crippen LogP contribution in [0.1, 0.15) is 38.5 Å². The van der Waals surface area contributed by atoms with Crippen LogP contribution in [0.4, 0.5) is 0 Å². The van der Waals surface area contributed by atoms with Gasteiger partial charge in [-0.3, -0.25) is 4.79 Å². The summed E-state index contributed by atoms with van der Waals surface area (Å²) in [6, 6.07) is 3.94. The lowest BCUT2D eigenvalue weighted by Gasteiger charge is -2.49. The third kappa shape index (κ3) is 1.91. The number of rotatable bonds is 1. The van der Waals surface area contributed by atoms with Gasteiger partial charge in [0.15, 0.2) is 0 Å². The molecular weight excluding hydrogens is 226 g/mol. The molecule has 0 N–H and O–H groups in total. The summed E-state index contributed by atoms with van der Waals surface area (Å²) in [6.45, 7) is 0.670. The zero-order valence-electron chi connectivity index (χ0n) is 11.0. The van der Waals surface area contributed by atoms with Gasteiger partial charge in [0, 0.05) is 31.1 Å². The van der Waals surface area contributed by atoms with Crippen LogP contribution in [-0.4, -0.2) is 47.4 Å². The van der Waals surface area contributed by atoms with E-state index in [9.17, 15) is 4.79 Å². The molecule has 0 spiro atoms. The summed E-state index contributed by atoms with van der Waals surface area (Å²) < 4.78 is 0. The smallest absolute Gasteiger partial charge is 0.224 e. The highest BCUT2D eigenvalue weighted by atomic mass is 16.2. The molecule has 3 unspecified atom stereocenters. The number of carbonyl (C=O) groups is 1. The molecule has 0 saturated carbocycles. The Hall–Kier alpha value is -1.08. The molecule has 2 bridgehead atoms. The largest absolute Gasteiger partial charge is 0.338 e. The molecule has 4 nitrogen and oxygen atoms in total. The van der Waals surface area contributed by atoms with Crippen LogP contribution in [0, 0.1) is 17.2 Å². The second-order valence-electron chi connectivity index (χ2n) is 6.11. The van der Waals surface area contributed by atoms with Gasteiger partial charge in [-0.25, -0.2) is 0 Å². The molecule has 3 aliphatic heterocycles. The molecule has 3 aliphatic rings. The van der Waals surface area contributed by atoms with Gasteiger partial charge in [-0.05, 0) is 32.7 Å². The minimum atomic E-state index is -0.0722. The molecule has 3 fully saturated rings. The van der Waals surface area contributed by atoms with Crippen molar-refractivity contribution in [2.45, 2.75) is 56.7 Å². The number of amides is 1. The van der Waals surface area contributed by atoms with Crippen LogP contribution in [0.25, 0.3) is 0 Å². The lowest BCUT2D eigenvalue weighted by Crippen LogP contribution is -2.55. The third-order valence-electron chi connectivity index (χ3n) is 5.10. The predicted molar refractivity (Wildman–Crippen MR) is 67.6 cm³/mol. The van der Waals surface area contributed by atoms with E-state index in [2.05, 4.69) is 18.0 Å². The average molecular weight is 247 g/mol. The van der Waals surface area contributed by atoms with E-state index in [1.807, 2.05) is 4.90 Å². The van der Waals surface area contributed by atoms with E-state index in [4.69, 9.17) is 5.26 Å². The Morgan fingerprint density at radius 2 is 1.89 bits per heavy atom. The van der Waals surface area contributed by atoms with Gasteiger partial charge in [0.05, 0.1) is 12.0 Å². The number of nitrogens with zero attached hydrogens (tertiary/aromatic N) is 3. The van der Waals surface area contributed by atoms with Crippen molar-refractivity contribution in [1.29, 1.82) is 5.26 Å². The number of carbonyl (C=O) groups excluding carboxylic acids is 1. The van der Waals surface area contributed by atoms with Crippen molar-refractivity contribution in [1.82, 2.24) is 9.80 Å². The summed E-state index contributed by atoms with van der Waals surface area (Å²) in [4.78, 5) is 16.5. The summed E-state index contributed by atoms with van der Waals surface area (Å²) in [5, 5.41) is 8.97. The lowest BCUT2D eigenvalue weighted by atomic mass is 9.82. The van der Waals surface area contributed by atoms with Crippen molar-refractivity contribution in [2.75, 3.05) is 13.6 Å². The van der Waals surface area contributed by atoms with E-state index in [1.54, 1.807) is 0 Å². The topological polar surface area (TPSA) is 47.3 Å². The van der Waals surface area contributed by atoms with E-state index < -0.39 is 0 Å². The van der Waals surface area contributed by atoms with Crippen LogP contribution in [0.3, 0.4) is 0 Å². The summed E-state index contributed by atoms with van der Waals surface area (Å²) in [7, 11) is 2.23. The normalized spacial score (nSPS) is 40.9. The van der Waals surface area contributed by atoms with Crippen LogP contribution in [0.2, 0.25) is 0 Å². The molecule has 3 heterocycles. The maximum atomic E-state index is 12.0. The lowest BCUT2D eigenvalue weighted by molar-refractivity contribution is -0.131. The molecular formula is C14H21N3O. The van der Waals surface area contributed by atoms with Crippen LogP contribution in [0.15, 0.2) is 0 Å². The van der Waals surface area contributed by atoms with E-state index in [0.717, 1.165) is 12.8 Å². The van der Waals surface area contributed by atoms with Gasteiger partial charge >= 0.3 is 0 Å². The zero-order chi connectivity index (χ0) is 12.7. The molecule has 1 amide bonds. The summed E-state index contributed by atoms with van der Waals surface area (Å²) in [6.07, 6.45) is 6.54. The van der Waals surface area contributed by atoms with Crippen molar-refractivity contribution in [3.8, 4) is 6.07 Å². The molecule has 18 heavy (non-hydrogen) atoms. The maximum absolute atomic E-state index is 12.0. The number of fused-ring (bicyclic) bond motifs is 2. The Morgan fingerprint density at radius 3 is 2.44 bits per heavy atom. The first kappa shape index (κ1) is 12.0. The number of hydrogen-bond acceptors (Lipinski definition) is 3. The van der Waals surface area contributed by atoms with Gasteiger partial charge in [0.25, 0.3) is 0 Å². The summed E-state index contributed by atoms with van der Waals surface area (Å²) in [5.41, 5.74) is 0. The van der Waals surface area contributed by atoms with Gasteiger partial charge in [-0.15, -0.1) is 0 Å². The SMILES string of the molecule is CN1C2CCCC1CC(N1CC(C#N)CC1=O)C2. The highest BCUT2D eigenvalue weighted by molar-refractivity contribution is 5.79. The van der Waals surface area contributed by atoms with Crippen LogP contribution in [-0.2, 0) is 4.79 Å². The number of nitriles is 1. The van der Waals surface area contributed by atoms with Crippen LogP contribution >= 0.6 is 0 Å². The highest BCUT2D eigenvalue weighted by Crippen LogP contribution is 2.36. The fourth-order valence-corrected chi connectivity index (χ4v) is 4.01. The van der Waals surface area contributed by atoms with Crippen molar-refractivity contribution < 1.29 is 4.79 Å². The molecule has 4 heteroatoms. The fourth-order valence-electron chi connectivity index (χ4n) is 4.01. The first-order valence-corrected chi connectivity index (χ1v) is 7.10. The third-order valence-corrected chi connectivity index (χ3v) is 5.10. The van der Waals surface area contributed by atoms with E-state index in [-0.39, 0.29) is 11.8 Å². The summed E-state index contributed by atoms with van der Waals surface area (Å²) >= 11 is 0. The standard InChI is InChI=1S/C14H21N3O/c1-16-11-3-2-4-12(16)7-13(6-11)17-9-10(8-15)5-14(17)18/h10-13H,2-7,9H2,1H3. The van der Waals surface area contributed by atoms with E-state index >= 15 is 0 Å². The molecule has 0 aromatic rings. The Labute approximate surface area is 109 Å². The second kappa shape index (κ2) is 4.55. The fraction of sp³-hybridized carbons (Fsp3) is 0.857. The zero-order valence-corrected chi connectivity index (χ0v) is 11.0. The summed E-state index contributed by atoms with van der Waals surface area (Å²) in [5.74, 6) is 0.131. The molecule has 0 radical (unpaired) electrons. The van der Waals surface area contributed by atoms with Crippen LogP contribution < -0.4 is 0 Å². The van der Waals surface area contributed by atoms with Gasteiger partial charge in [0.1, 0.15) is 0 Å². The van der Waals surface area contributed by atoms with Crippen molar-refractivity contribution >= 4 is 5.91 Å². The molecule has 98 valence electrons. The molecule has 3 atom stereocenters. The maximum Gasteiger partial charge on any atom is 0.224 e. The van der Waals surface area contributed by atoms with Gasteiger partial charge < -0.3 is 9.80 Å². The molecule has 0 aliphatic carbocycles. The molecule has 3 saturated heterocycles. The Bertz CT molecular complexity index is 375. The quantitative estimate of drug-likeness (QED) is 0.703. The van der Waals surface area contributed by atoms with E-state index in [1.165, 1.54) is 19.3 Å². The Morgan fingerprint density at radius 1 is 1.22 bits per heavy atom. The molecule has 0 aromatic carbocycles. The second-order valence-corrected chi connectivity index (χ2v) is 6.11. The molecule has 3 rings (SSSR count). The highest BCUT2D eigenvalue weighted by Gasteiger charge is 2.42. The minimum absolute atomic E-state index is 0.0722. The predicted octanol–water partition coefficient (Wildman–Crippen LogP) is 1.37. The minimum Gasteiger partial charge on any atom is -0.338 e. The number of hydrogen-bond donors (Lipinski definition) is 0. The number of likely N-dealkylation sites (tertiary alicyclic amines) is 1. The first-order valence-electron chi connectivity index (χ1n) is 7.10. The van der Waals surface area contributed by atoms with Crippen molar-refractivity contribution in [3.63, 3.8) is 0 Å². The van der Waals surface area contributed by atoms with Crippen LogP contribution in [0.5, 0.6) is 0 Å². The monoisotopic (exact) mass is 247 g/mol. The first-order chi connectivity index (χ1) is 8.69. The van der Waals surface area contributed by atoms with E-state index in [0.29, 0.717) is 31.1 Å². The Kier molecular flexibility index (Phi) is 3.03. The van der Waals surface area contributed by atoms with Gasteiger partial charge in [-0.1, -0.05) is 6.42 Å². The average Bonchev–Trinajstić information content (AvgIpc) is 2.70. The van der Waals surface area contributed by atoms with Crippen molar-refractivity contribution in [3.05, 3.63) is 0 Å². The molecule has 0 aromatic heterocycles. The van der Waals surface area contributed by atoms with Gasteiger partial charge in [-0.2, -0.15) is 5.26 Å². The van der Waals surface area contributed by atoms with Crippen molar-refractivity contribution in [2.24, 2.45) is 5.92 Å². The number of piperidine rings is 2. The Balaban J connectivity index is 1.71. The van der Waals surface area contributed by atoms with Gasteiger partial charge in [0.2, 0.25) is 5.91 Å².